The summed E-state index contributed by atoms with van der Waals surface area (Å²) in [6.07, 6.45) is 0. The highest BCUT2D eigenvalue weighted by Gasteiger charge is 2.14. The van der Waals surface area contributed by atoms with Gasteiger partial charge >= 0.3 is 5.97 Å². The van der Waals surface area contributed by atoms with E-state index < -0.39 is 5.97 Å². The van der Waals surface area contributed by atoms with Gasteiger partial charge in [0.2, 0.25) is 0 Å². The normalized spacial score (nSPS) is 12.8. The highest BCUT2D eigenvalue weighted by atomic mass is 32.2. The quantitative estimate of drug-likeness (QED) is 0.637. The van der Waals surface area contributed by atoms with Gasteiger partial charge in [-0.05, 0) is 30.5 Å². The minimum absolute atomic E-state index is 0.198. The van der Waals surface area contributed by atoms with Gasteiger partial charge in [0.1, 0.15) is 0 Å². The molecule has 1 unspecified atom stereocenters. The van der Waals surface area contributed by atoms with Gasteiger partial charge in [-0.15, -0.1) is 11.8 Å². The Morgan fingerprint density at radius 1 is 1.35 bits per heavy atom. The summed E-state index contributed by atoms with van der Waals surface area (Å²) in [4.78, 5) is 12.0. The van der Waals surface area contributed by atoms with Crippen molar-refractivity contribution >= 4 is 23.4 Å². The van der Waals surface area contributed by atoms with E-state index in [0.29, 0.717) is 16.9 Å². The average Bonchev–Trinajstić information content (AvgIpc) is 2.22. The van der Waals surface area contributed by atoms with Crippen molar-refractivity contribution in [3.05, 3.63) is 23.3 Å². The molecular weight excluding hydrogens is 234 g/mol. The van der Waals surface area contributed by atoms with E-state index in [0.717, 1.165) is 10.5 Å². The average molecular weight is 253 g/mol. The number of hydrogen-bond donors (Lipinski definition) is 2. The molecule has 4 heteroatoms. The number of aryl methyl sites for hydroxylation is 1. The Labute approximate surface area is 106 Å². The maximum atomic E-state index is 11.1. The largest absolute Gasteiger partial charge is 0.478 e. The third kappa shape index (κ3) is 3.40. The Balaban J connectivity index is 3.07. The van der Waals surface area contributed by atoms with Crippen LogP contribution in [0.1, 0.15) is 36.7 Å². The molecule has 0 radical (unpaired) electrons. The first-order valence-electron chi connectivity index (χ1n) is 5.63. The van der Waals surface area contributed by atoms with Crippen molar-refractivity contribution in [3.63, 3.8) is 0 Å². The molecule has 94 valence electrons. The zero-order valence-electron chi connectivity index (χ0n) is 10.7. The summed E-state index contributed by atoms with van der Waals surface area (Å²) in [5.74, 6) is -0.420. The molecule has 0 heterocycles. The second kappa shape index (κ2) is 5.45. The second-order valence-electron chi connectivity index (χ2n) is 4.57. The Hall–Kier alpha value is -1.16. The Morgan fingerprint density at radius 3 is 2.41 bits per heavy atom. The summed E-state index contributed by atoms with van der Waals surface area (Å²) >= 11 is 1.69. The van der Waals surface area contributed by atoms with Crippen LogP contribution in [0, 0.1) is 12.8 Å². The maximum Gasteiger partial charge on any atom is 0.337 e. The molecule has 1 aromatic rings. The molecule has 0 aliphatic heterocycles. The van der Waals surface area contributed by atoms with Crippen molar-refractivity contribution in [2.45, 2.75) is 37.8 Å². The van der Waals surface area contributed by atoms with E-state index in [9.17, 15) is 4.79 Å². The lowest BCUT2D eigenvalue weighted by molar-refractivity contribution is 0.0697. The van der Waals surface area contributed by atoms with Crippen molar-refractivity contribution in [2.75, 3.05) is 5.73 Å². The summed E-state index contributed by atoms with van der Waals surface area (Å²) in [5.41, 5.74) is 7.13. The lowest BCUT2D eigenvalue weighted by Crippen LogP contribution is -2.07. The Kier molecular flexibility index (Phi) is 4.46. The van der Waals surface area contributed by atoms with Gasteiger partial charge in [0, 0.05) is 15.8 Å². The Morgan fingerprint density at radius 2 is 1.94 bits per heavy atom. The molecule has 3 N–H and O–H groups in total. The Bertz CT molecular complexity index is 430. The minimum Gasteiger partial charge on any atom is -0.478 e. The molecule has 17 heavy (non-hydrogen) atoms. The first kappa shape index (κ1) is 13.9. The first-order chi connectivity index (χ1) is 7.82. The standard InChI is InChI=1S/C13H19NO2S/c1-7(2)9(4)17-10-5-8(3)12(14)11(6-10)13(15)16/h5-7,9H,14H2,1-4H3,(H,15,16). The van der Waals surface area contributed by atoms with Crippen LogP contribution in [0.2, 0.25) is 0 Å². The lowest BCUT2D eigenvalue weighted by Gasteiger charge is -2.16. The topological polar surface area (TPSA) is 63.3 Å². The predicted octanol–water partition coefficient (Wildman–Crippen LogP) is 3.41. The van der Waals surface area contributed by atoms with Gasteiger partial charge in [0.05, 0.1) is 5.56 Å². The molecule has 0 saturated heterocycles. The molecule has 0 aromatic heterocycles. The lowest BCUT2D eigenvalue weighted by atomic mass is 10.1. The van der Waals surface area contributed by atoms with Crippen LogP contribution in [0.4, 0.5) is 5.69 Å². The summed E-state index contributed by atoms with van der Waals surface area (Å²) in [6, 6.07) is 3.61. The number of nitrogen functional groups attached to an aromatic ring is 1. The van der Waals surface area contributed by atoms with Crippen LogP contribution in [0.25, 0.3) is 0 Å². The van der Waals surface area contributed by atoms with Crippen molar-refractivity contribution in [2.24, 2.45) is 5.92 Å². The van der Waals surface area contributed by atoms with Crippen LogP contribution >= 0.6 is 11.8 Å². The number of nitrogens with two attached hydrogens (primary N) is 1. The number of anilines is 1. The fourth-order valence-electron chi connectivity index (χ4n) is 1.36. The predicted molar refractivity (Wildman–Crippen MR) is 72.7 cm³/mol. The van der Waals surface area contributed by atoms with Crippen LogP contribution in [-0.4, -0.2) is 16.3 Å². The summed E-state index contributed by atoms with van der Waals surface area (Å²) in [5, 5.41) is 9.51. The SMILES string of the molecule is Cc1cc(SC(C)C(C)C)cc(C(=O)O)c1N. The molecule has 1 atom stereocenters. The van der Waals surface area contributed by atoms with E-state index in [4.69, 9.17) is 10.8 Å². The molecule has 0 amide bonds. The summed E-state index contributed by atoms with van der Waals surface area (Å²) < 4.78 is 0. The molecule has 0 spiro atoms. The second-order valence-corrected chi connectivity index (χ2v) is 6.02. The fourth-order valence-corrected chi connectivity index (χ4v) is 2.49. The molecule has 3 nitrogen and oxygen atoms in total. The summed E-state index contributed by atoms with van der Waals surface area (Å²) in [6.45, 7) is 8.28. The van der Waals surface area contributed by atoms with Gasteiger partial charge in [0.25, 0.3) is 0 Å². The van der Waals surface area contributed by atoms with Crippen molar-refractivity contribution in [1.29, 1.82) is 0 Å². The number of hydrogen-bond acceptors (Lipinski definition) is 3. The number of carboxylic acids is 1. The number of thioether (sulfide) groups is 1. The molecule has 0 fully saturated rings. The minimum atomic E-state index is -0.967. The maximum absolute atomic E-state index is 11.1. The van der Waals surface area contributed by atoms with Gasteiger partial charge in [-0.25, -0.2) is 4.79 Å². The van der Waals surface area contributed by atoms with Gasteiger partial charge in [-0.3, -0.25) is 0 Å². The van der Waals surface area contributed by atoms with Crippen LogP contribution in [-0.2, 0) is 0 Å². The number of aromatic carboxylic acids is 1. The van der Waals surface area contributed by atoms with E-state index >= 15 is 0 Å². The highest BCUT2D eigenvalue weighted by Crippen LogP contribution is 2.31. The first-order valence-corrected chi connectivity index (χ1v) is 6.51. The molecule has 1 rings (SSSR count). The van der Waals surface area contributed by atoms with E-state index in [-0.39, 0.29) is 5.56 Å². The van der Waals surface area contributed by atoms with E-state index in [1.165, 1.54) is 0 Å². The van der Waals surface area contributed by atoms with Gasteiger partial charge in [0.15, 0.2) is 0 Å². The zero-order chi connectivity index (χ0) is 13.2. The van der Waals surface area contributed by atoms with Crippen LogP contribution in [0.15, 0.2) is 17.0 Å². The third-order valence-electron chi connectivity index (χ3n) is 2.85. The number of carbonyl (C=O) groups is 1. The van der Waals surface area contributed by atoms with E-state index in [1.54, 1.807) is 17.8 Å². The highest BCUT2D eigenvalue weighted by molar-refractivity contribution is 8.00. The smallest absolute Gasteiger partial charge is 0.337 e. The molecule has 1 aromatic carbocycles. The van der Waals surface area contributed by atoms with Crippen molar-refractivity contribution in [3.8, 4) is 0 Å². The van der Waals surface area contributed by atoms with Crippen LogP contribution in [0.5, 0.6) is 0 Å². The summed E-state index contributed by atoms with van der Waals surface area (Å²) in [7, 11) is 0. The fraction of sp³-hybridized carbons (Fsp3) is 0.462. The number of carboxylic acid groups (broad SMARTS) is 1. The molecule has 0 aliphatic carbocycles. The third-order valence-corrected chi connectivity index (χ3v) is 4.28. The number of benzene rings is 1. The molecular formula is C13H19NO2S. The number of rotatable bonds is 4. The van der Waals surface area contributed by atoms with Crippen LogP contribution < -0.4 is 5.73 Å². The van der Waals surface area contributed by atoms with Gasteiger partial charge in [-0.1, -0.05) is 20.8 Å². The molecule has 0 bridgehead atoms. The van der Waals surface area contributed by atoms with E-state index in [1.807, 2.05) is 13.0 Å². The van der Waals surface area contributed by atoms with Crippen molar-refractivity contribution in [1.82, 2.24) is 0 Å². The van der Waals surface area contributed by atoms with Crippen molar-refractivity contribution < 1.29 is 9.90 Å². The van der Waals surface area contributed by atoms with E-state index in [2.05, 4.69) is 20.8 Å². The van der Waals surface area contributed by atoms with Crippen LogP contribution in [0.3, 0.4) is 0 Å². The molecule has 0 saturated carbocycles. The monoisotopic (exact) mass is 253 g/mol. The zero-order valence-corrected chi connectivity index (χ0v) is 11.5. The van der Waals surface area contributed by atoms with Gasteiger partial charge in [-0.2, -0.15) is 0 Å². The van der Waals surface area contributed by atoms with Gasteiger partial charge < -0.3 is 10.8 Å². The molecule has 0 aliphatic rings.